The highest BCUT2D eigenvalue weighted by Crippen LogP contribution is 1.90. The molecule has 1 aromatic rings. The summed E-state index contributed by atoms with van der Waals surface area (Å²) in [5, 5.41) is 14.6. The SMILES string of the molecule is Cc1ccn(CC[NH2+]CCC(=O)O)n1. The Hall–Kier alpha value is -1.36. The van der Waals surface area contributed by atoms with Gasteiger partial charge in [-0.1, -0.05) is 0 Å². The molecule has 0 radical (unpaired) electrons. The van der Waals surface area contributed by atoms with E-state index >= 15 is 0 Å². The standard InChI is InChI=1S/C9H15N3O2/c1-8-3-6-12(11-8)7-5-10-4-2-9(13)14/h3,6,10H,2,4-5,7H2,1H3,(H,13,14)/p+1. The normalized spacial score (nSPS) is 10.4. The van der Waals surface area contributed by atoms with Gasteiger partial charge in [-0.3, -0.25) is 9.48 Å². The molecule has 0 aliphatic heterocycles. The van der Waals surface area contributed by atoms with Gasteiger partial charge in [-0.05, 0) is 13.0 Å². The van der Waals surface area contributed by atoms with Crippen LogP contribution in [0.1, 0.15) is 12.1 Å². The van der Waals surface area contributed by atoms with Crippen molar-refractivity contribution in [1.29, 1.82) is 0 Å². The average Bonchev–Trinajstić information content (AvgIpc) is 2.50. The molecule has 0 unspecified atom stereocenters. The summed E-state index contributed by atoms with van der Waals surface area (Å²) in [5.74, 6) is -0.740. The second-order valence-corrected chi connectivity index (χ2v) is 3.23. The lowest BCUT2D eigenvalue weighted by molar-refractivity contribution is -0.654. The van der Waals surface area contributed by atoms with Gasteiger partial charge in [-0.25, -0.2) is 0 Å². The Morgan fingerprint density at radius 2 is 2.43 bits per heavy atom. The van der Waals surface area contributed by atoms with Gasteiger partial charge in [0.25, 0.3) is 0 Å². The number of aromatic nitrogens is 2. The number of carboxylic acid groups (broad SMARTS) is 1. The minimum Gasteiger partial charge on any atom is -0.481 e. The second kappa shape index (κ2) is 5.39. The van der Waals surface area contributed by atoms with Crippen molar-refractivity contribution in [2.75, 3.05) is 13.1 Å². The number of nitrogens with two attached hydrogens (primary N) is 1. The van der Waals surface area contributed by atoms with Gasteiger partial charge >= 0.3 is 5.97 Å². The Morgan fingerprint density at radius 1 is 1.64 bits per heavy atom. The Bertz CT molecular complexity index is 296. The molecule has 78 valence electrons. The zero-order valence-corrected chi connectivity index (χ0v) is 8.31. The molecule has 0 spiro atoms. The number of rotatable bonds is 6. The Morgan fingerprint density at radius 3 is 3.00 bits per heavy atom. The van der Waals surface area contributed by atoms with E-state index in [9.17, 15) is 4.79 Å². The molecule has 5 nitrogen and oxygen atoms in total. The highest BCUT2D eigenvalue weighted by atomic mass is 16.4. The molecule has 0 fully saturated rings. The first-order chi connectivity index (χ1) is 6.68. The first kappa shape index (κ1) is 10.7. The van der Waals surface area contributed by atoms with Crippen molar-refractivity contribution in [3.63, 3.8) is 0 Å². The van der Waals surface area contributed by atoms with Gasteiger partial charge in [0.05, 0.1) is 31.7 Å². The van der Waals surface area contributed by atoms with Gasteiger partial charge in [0, 0.05) is 6.20 Å². The largest absolute Gasteiger partial charge is 0.481 e. The molecule has 0 bridgehead atoms. The van der Waals surface area contributed by atoms with Crippen molar-refractivity contribution in [2.24, 2.45) is 0 Å². The van der Waals surface area contributed by atoms with Gasteiger partial charge in [-0.2, -0.15) is 5.10 Å². The van der Waals surface area contributed by atoms with E-state index in [4.69, 9.17) is 5.11 Å². The van der Waals surface area contributed by atoms with Crippen LogP contribution in [0.4, 0.5) is 0 Å². The maximum atomic E-state index is 10.2. The third-order valence-corrected chi connectivity index (χ3v) is 1.90. The number of carboxylic acids is 1. The fourth-order valence-electron chi connectivity index (χ4n) is 1.18. The van der Waals surface area contributed by atoms with Crippen LogP contribution in [0.3, 0.4) is 0 Å². The molecule has 3 N–H and O–H groups in total. The maximum Gasteiger partial charge on any atom is 0.309 e. The fraction of sp³-hybridized carbons (Fsp3) is 0.556. The molecule has 1 rings (SSSR count). The molecular weight excluding hydrogens is 182 g/mol. The lowest BCUT2D eigenvalue weighted by Gasteiger charge is -2.00. The Labute approximate surface area is 82.7 Å². The minimum atomic E-state index is -0.740. The quantitative estimate of drug-likeness (QED) is 0.590. The number of quaternary nitrogens is 1. The number of aliphatic carboxylic acids is 1. The van der Waals surface area contributed by atoms with E-state index in [1.54, 1.807) is 0 Å². The monoisotopic (exact) mass is 198 g/mol. The van der Waals surface area contributed by atoms with Crippen LogP contribution in [0.2, 0.25) is 0 Å². The van der Waals surface area contributed by atoms with Crippen molar-refractivity contribution in [2.45, 2.75) is 19.9 Å². The van der Waals surface area contributed by atoms with Gasteiger partial charge in [-0.15, -0.1) is 0 Å². The van der Waals surface area contributed by atoms with E-state index in [0.29, 0.717) is 6.54 Å². The van der Waals surface area contributed by atoms with Crippen LogP contribution in [-0.4, -0.2) is 33.9 Å². The topological polar surface area (TPSA) is 71.7 Å². The summed E-state index contributed by atoms with van der Waals surface area (Å²) in [4.78, 5) is 10.2. The fourth-order valence-corrected chi connectivity index (χ4v) is 1.18. The summed E-state index contributed by atoms with van der Waals surface area (Å²) in [6.07, 6.45) is 2.15. The van der Waals surface area contributed by atoms with Crippen molar-refractivity contribution >= 4 is 5.97 Å². The predicted octanol–water partition coefficient (Wildman–Crippen LogP) is -0.770. The summed E-state index contributed by atoms with van der Waals surface area (Å²) in [6, 6.07) is 1.96. The van der Waals surface area contributed by atoms with Gasteiger partial charge in [0.15, 0.2) is 0 Å². The molecule has 0 aliphatic rings. The second-order valence-electron chi connectivity index (χ2n) is 3.23. The third-order valence-electron chi connectivity index (χ3n) is 1.90. The van der Waals surface area contributed by atoms with E-state index < -0.39 is 5.97 Å². The van der Waals surface area contributed by atoms with Crippen molar-refractivity contribution in [3.05, 3.63) is 18.0 Å². The van der Waals surface area contributed by atoms with Crippen LogP contribution in [0, 0.1) is 6.92 Å². The molecule has 0 saturated carbocycles. The van der Waals surface area contributed by atoms with Crippen LogP contribution in [-0.2, 0) is 11.3 Å². The van der Waals surface area contributed by atoms with E-state index in [2.05, 4.69) is 5.10 Å². The molecule has 14 heavy (non-hydrogen) atoms. The van der Waals surface area contributed by atoms with E-state index in [1.807, 2.05) is 29.2 Å². The average molecular weight is 198 g/mol. The molecule has 0 saturated heterocycles. The van der Waals surface area contributed by atoms with Crippen molar-refractivity contribution in [1.82, 2.24) is 9.78 Å². The highest BCUT2D eigenvalue weighted by Gasteiger charge is 1.99. The van der Waals surface area contributed by atoms with Crippen LogP contribution >= 0.6 is 0 Å². The van der Waals surface area contributed by atoms with Crippen LogP contribution in [0.25, 0.3) is 0 Å². The third kappa shape index (κ3) is 4.04. The van der Waals surface area contributed by atoms with Gasteiger partial charge in [0.2, 0.25) is 0 Å². The molecular formula is C9H16N3O2+. The summed E-state index contributed by atoms with van der Waals surface area (Å²) < 4.78 is 1.87. The van der Waals surface area contributed by atoms with E-state index in [-0.39, 0.29) is 6.42 Å². The first-order valence-electron chi connectivity index (χ1n) is 4.72. The maximum absolute atomic E-state index is 10.2. The first-order valence-corrected chi connectivity index (χ1v) is 4.72. The van der Waals surface area contributed by atoms with E-state index in [1.165, 1.54) is 0 Å². The van der Waals surface area contributed by atoms with Gasteiger partial charge in [0.1, 0.15) is 0 Å². The molecule has 0 amide bonds. The smallest absolute Gasteiger partial charge is 0.309 e. The molecule has 1 aromatic heterocycles. The van der Waals surface area contributed by atoms with Crippen LogP contribution in [0.15, 0.2) is 12.3 Å². The van der Waals surface area contributed by atoms with Crippen LogP contribution < -0.4 is 5.32 Å². The Kier molecular flexibility index (Phi) is 4.12. The van der Waals surface area contributed by atoms with E-state index in [0.717, 1.165) is 18.8 Å². The Balaban J connectivity index is 2.07. The number of nitrogens with zero attached hydrogens (tertiary/aromatic N) is 2. The lowest BCUT2D eigenvalue weighted by atomic mass is 10.4. The lowest BCUT2D eigenvalue weighted by Crippen LogP contribution is -2.85. The number of aryl methyl sites for hydroxylation is 1. The summed E-state index contributed by atoms with van der Waals surface area (Å²) >= 11 is 0. The van der Waals surface area contributed by atoms with Gasteiger partial charge < -0.3 is 10.4 Å². The number of carbonyl (C=O) groups is 1. The van der Waals surface area contributed by atoms with Crippen molar-refractivity contribution < 1.29 is 15.2 Å². The molecule has 0 atom stereocenters. The molecule has 1 heterocycles. The minimum absolute atomic E-state index is 0.220. The number of hydrogen-bond donors (Lipinski definition) is 2. The van der Waals surface area contributed by atoms with Crippen LogP contribution in [0.5, 0.6) is 0 Å². The summed E-state index contributed by atoms with van der Waals surface area (Å²) in [6.45, 7) is 4.28. The molecule has 0 aromatic carbocycles. The highest BCUT2D eigenvalue weighted by molar-refractivity contribution is 5.66. The zero-order valence-electron chi connectivity index (χ0n) is 8.31. The molecule has 5 heteroatoms. The summed E-state index contributed by atoms with van der Waals surface area (Å²) in [5.41, 5.74) is 1.01. The summed E-state index contributed by atoms with van der Waals surface area (Å²) in [7, 11) is 0. The van der Waals surface area contributed by atoms with Crippen molar-refractivity contribution in [3.8, 4) is 0 Å². The predicted molar refractivity (Wildman–Crippen MR) is 50.9 cm³/mol. The zero-order chi connectivity index (χ0) is 10.4. The number of hydrogen-bond acceptors (Lipinski definition) is 2. The molecule has 0 aliphatic carbocycles.